The molecule has 3 rings (SSSR count). The monoisotopic (exact) mass is 405 g/mol. The molecule has 9 heteroatoms. The molecule has 0 spiro atoms. The molecule has 0 aliphatic heterocycles. The second-order valence-electron chi connectivity index (χ2n) is 5.93. The van der Waals surface area contributed by atoms with Crippen molar-refractivity contribution in [1.82, 2.24) is 9.78 Å². The van der Waals surface area contributed by atoms with Crippen molar-refractivity contribution in [2.45, 2.75) is 18.7 Å². The van der Waals surface area contributed by atoms with Crippen LogP contribution in [0.5, 0.6) is 5.75 Å². The lowest BCUT2D eigenvalue weighted by molar-refractivity contribution is 0.0943. The number of benzene rings is 1. The first-order valence-corrected chi connectivity index (χ1v) is 10.4. The molecule has 2 aromatic heterocycles. The molecule has 0 fully saturated rings. The number of rotatable bonds is 5. The highest BCUT2D eigenvalue weighted by Gasteiger charge is 2.29. The topological polar surface area (TPSA) is 81.5 Å². The number of aromatic nitrogens is 2. The van der Waals surface area contributed by atoms with Gasteiger partial charge in [-0.3, -0.25) is 9.10 Å². The van der Waals surface area contributed by atoms with Crippen molar-refractivity contribution in [3.05, 3.63) is 58.0 Å². The van der Waals surface area contributed by atoms with Gasteiger partial charge in [-0.2, -0.15) is 5.10 Å². The van der Waals surface area contributed by atoms with Crippen molar-refractivity contribution >= 4 is 33.0 Å². The zero-order valence-corrected chi connectivity index (χ0v) is 17.0. The van der Waals surface area contributed by atoms with Crippen LogP contribution in [-0.2, 0) is 10.0 Å². The predicted molar refractivity (Wildman–Crippen MR) is 104 cm³/mol. The summed E-state index contributed by atoms with van der Waals surface area (Å²) in [4.78, 5) is 13.0. The predicted octanol–water partition coefficient (Wildman–Crippen LogP) is 3.08. The van der Waals surface area contributed by atoms with E-state index < -0.39 is 15.9 Å². The molecular formula is C18H19N3O4S2. The molecule has 0 atom stereocenters. The minimum absolute atomic E-state index is 0.0385. The van der Waals surface area contributed by atoms with Gasteiger partial charge >= 0.3 is 0 Å². The highest BCUT2D eigenvalue weighted by Crippen LogP contribution is 2.29. The summed E-state index contributed by atoms with van der Waals surface area (Å²) >= 11 is 1.08. The van der Waals surface area contributed by atoms with Crippen LogP contribution in [0.2, 0.25) is 0 Å². The van der Waals surface area contributed by atoms with Crippen LogP contribution in [0.15, 0.2) is 46.7 Å². The fourth-order valence-corrected chi connectivity index (χ4v) is 5.18. The quantitative estimate of drug-likeness (QED) is 0.652. The molecule has 0 radical (unpaired) electrons. The Bertz CT molecular complexity index is 1080. The lowest BCUT2D eigenvalue weighted by Crippen LogP contribution is -2.28. The summed E-state index contributed by atoms with van der Waals surface area (Å²) in [7, 11) is -0.927. The maximum absolute atomic E-state index is 13.1. The van der Waals surface area contributed by atoms with Crippen molar-refractivity contribution in [2.75, 3.05) is 18.5 Å². The second-order valence-corrected chi connectivity index (χ2v) is 8.78. The fraction of sp³-hybridized carbons (Fsp3) is 0.222. The van der Waals surface area contributed by atoms with Gasteiger partial charge < -0.3 is 4.74 Å². The van der Waals surface area contributed by atoms with Gasteiger partial charge in [0.25, 0.3) is 15.9 Å². The van der Waals surface area contributed by atoms with E-state index in [-0.39, 0.29) is 9.77 Å². The first-order chi connectivity index (χ1) is 12.8. The Hall–Kier alpha value is -2.65. The summed E-state index contributed by atoms with van der Waals surface area (Å²) in [6, 6.07) is 9.85. The molecule has 3 aromatic rings. The second kappa shape index (κ2) is 7.16. The molecule has 0 aliphatic carbocycles. The molecule has 0 saturated carbocycles. The number of sulfonamides is 1. The molecule has 7 nitrogen and oxygen atoms in total. The molecule has 1 aromatic carbocycles. The van der Waals surface area contributed by atoms with E-state index >= 15 is 0 Å². The number of hydrogen-bond acceptors (Lipinski definition) is 6. The standard InChI is InChI=1S/C18H19N3O4S2/c1-12-11-13(2)21(19-12)18(22)17-16(9-10-26-17)27(23,24)20(3)14-5-7-15(25-4)8-6-14/h5-11H,1-4H3. The van der Waals surface area contributed by atoms with Crippen molar-refractivity contribution in [3.8, 4) is 5.75 Å². The summed E-state index contributed by atoms with van der Waals surface area (Å²) in [6.45, 7) is 3.53. The highest BCUT2D eigenvalue weighted by atomic mass is 32.2. The lowest BCUT2D eigenvalue weighted by atomic mass is 10.3. The molecule has 0 unspecified atom stereocenters. The van der Waals surface area contributed by atoms with Crippen molar-refractivity contribution in [3.63, 3.8) is 0 Å². The van der Waals surface area contributed by atoms with Gasteiger partial charge in [0.1, 0.15) is 15.5 Å². The number of ether oxygens (including phenoxy) is 1. The van der Waals surface area contributed by atoms with Gasteiger partial charge in [0.05, 0.1) is 18.5 Å². The Morgan fingerprint density at radius 2 is 1.85 bits per heavy atom. The average molecular weight is 406 g/mol. The number of carbonyl (C=O) groups excluding carboxylic acids is 1. The fourth-order valence-electron chi connectivity index (χ4n) is 2.67. The van der Waals surface area contributed by atoms with Crippen LogP contribution in [-0.4, -0.2) is 38.3 Å². The molecule has 0 amide bonds. The minimum Gasteiger partial charge on any atom is -0.497 e. The van der Waals surface area contributed by atoms with Gasteiger partial charge in [0.15, 0.2) is 0 Å². The zero-order valence-electron chi connectivity index (χ0n) is 15.3. The third kappa shape index (κ3) is 3.47. The van der Waals surface area contributed by atoms with Crippen LogP contribution in [0.4, 0.5) is 5.69 Å². The van der Waals surface area contributed by atoms with Crippen LogP contribution in [0.1, 0.15) is 21.1 Å². The molecule has 0 bridgehead atoms. The number of nitrogens with zero attached hydrogens (tertiary/aromatic N) is 3. The van der Waals surface area contributed by atoms with Crippen LogP contribution in [0.25, 0.3) is 0 Å². The van der Waals surface area contributed by atoms with E-state index in [1.807, 2.05) is 0 Å². The van der Waals surface area contributed by atoms with E-state index in [0.717, 1.165) is 15.6 Å². The molecule has 0 aliphatic rings. The first kappa shape index (κ1) is 19.1. The molecule has 142 valence electrons. The van der Waals surface area contributed by atoms with Crippen molar-refractivity contribution in [2.24, 2.45) is 0 Å². The summed E-state index contributed by atoms with van der Waals surface area (Å²) in [5.74, 6) is 0.165. The van der Waals surface area contributed by atoms with Crippen LogP contribution in [0, 0.1) is 13.8 Å². The first-order valence-electron chi connectivity index (χ1n) is 8.04. The summed E-state index contributed by atoms with van der Waals surface area (Å²) < 4.78 is 33.7. The van der Waals surface area contributed by atoms with E-state index in [9.17, 15) is 13.2 Å². The maximum atomic E-state index is 13.1. The van der Waals surface area contributed by atoms with Gasteiger partial charge in [0.2, 0.25) is 0 Å². The average Bonchev–Trinajstić information content (AvgIpc) is 3.27. The number of thiophene rings is 1. The number of hydrogen-bond donors (Lipinski definition) is 0. The summed E-state index contributed by atoms with van der Waals surface area (Å²) in [5, 5.41) is 5.75. The number of aryl methyl sites for hydroxylation is 2. The Morgan fingerprint density at radius 3 is 2.41 bits per heavy atom. The normalized spacial score (nSPS) is 11.4. The molecular weight excluding hydrogens is 386 g/mol. The van der Waals surface area contributed by atoms with Crippen LogP contribution < -0.4 is 9.04 Å². The van der Waals surface area contributed by atoms with E-state index in [2.05, 4.69) is 5.10 Å². The number of methoxy groups -OCH3 is 1. The van der Waals surface area contributed by atoms with Gasteiger partial charge in [-0.05, 0) is 55.6 Å². The highest BCUT2D eigenvalue weighted by molar-refractivity contribution is 7.93. The lowest BCUT2D eigenvalue weighted by Gasteiger charge is -2.19. The van der Waals surface area contributed by atoms with E-state index in [1.165, 1.54) is 24.9 Å². The van der Waals surface area contributed by atoms with Crippen LogP contribution in [0.3, 0.4) is 0 Å². The Kier molecular flexibility index (Phi) is 5.07. The van der Waals surface area contributed by atoms with Crippen molar-refractivity contribution < 1.29 is 17.9 Å². The smallest absolute Gasteiger partial charge is 0.289 e. The number of anilines is 1. The Labute approximate surface area is 161 Å². The largest absolute Gasteiger partial charge is 0.497 e. The summed E-state index contributed by atoms with van der Waals surface area (Å²) in [5.41, 5.74) is 1.81. The van der Waals surface area contributed by atoms with Gasteiger partial charge in [-0.25, -0.2) is 13.1 Å². The van der Waals surface area contributed by atoms with E-state index in [4.69, 9.17) is 4.74 Å². The minimum atomic E-state index is -3.92. The van der Waals surface area contributed by atoms with E-state index in [1.54, 1.807) is 49.6 Å². The SMILES string of the molecule is COc1ccc(N(C)S(=O)(=O)c2ccsc2C(=O)n2nc(C)cc2C)cc1. The third-order valence-corrected chi connectivity index (χ3v) is 6.96. The molecule has 2 heterocycles. The molecule has 0 saturated heterocycles. The van der Waals surface area contributed by atoms with Crippen molar-refractivity contribution in [1.29, 1.82) is 0 Å². The summed E-state index contributed by atoms with van der Waals surface area (Å²) in [6.07, 6.45) is 0. The van der Waals surface area contributed by atoms with Crippen LogP contribution >= 0.6 is 11.3 Å². The number of carbonyl (C=O) groups is 1. The molecule has 0 N–H and O–H groups in total. The van der Waals surface area contributed by atoms with Gasteiger partial charge in [-0.15, -0.1) is 11.3 Å². The molecule has 27 heavy (non-hydrogen) atoms. The Balaban J connectivity index is 1.99. The van der Waals surface area contributed by atoms with Gasteiger partial charge in [0, 0.05) is 12.7 Å². The third-order valence-electron chi connectivity index (χ3n) is 4.10. The zero-order chi connectivity index (χ0) is 19.8. The van der Waals surface area contributed by atoms with E-state index in [0.29, 0.717) is 22.8 Å². The maximum Gasteiger partial charge on any atom is 0.289 e. The Morgan fingerprint density at radius 1 is 1.19 bits per heavy atom. The van der Waals surface area contributed by atoms with Gasteiger partial charge in [-0.1, -0.05) is 0 Å².